The number of rotatable bonds is 2. The SMILES string of the molecule is CSC1CCCC(NC2=NCCCCC2)C1. The van der Waals surface area contributed by atoms with Gasteiger partial charge in [-0.25, -0.2) is 0 Å². The number of aliphatic imine (C=N–C) groups is 1. The lowest BCUT2D eigenvalue weighted by atomic mass is 9.95. The number of hydrogen-bond donors (Lipinski definition) is 1. The molecule has 92 valence electrons. The molecule has 2 rings (SSSR count). The van der Waals surface area contributed by atoms with E-state index in [9.17, 15) is 0 Å². The number of nitrogens with one attached hydrogen (secondary N) is 1. The van der Waals surface area contributed by atoms with Gasteiger partial charge in [0.25, 0.3) is 0 Å². The first-order valence-electron chi connectivity index (χ1n) is 6.71. The summed E-state index contributed by atoms with van der Waals surface area (Å²) < 4.78 is 0. The molecule has 2 aliphatic rings. The van der Waals surface area contributed by atoms with Crippen molar-refractivity contribution in [2.75, 3.05) is 12.8 Å². The molecule has 0 radical (unpaired) electrons. The maximum absolute atomic E-state index is 4.67. The molecular formula is C13H24N2S. The van der Waals surface area contributed by atoms with Gasteiger partial charge in [-0.05, 0) is 38.4 Å². The average molecular weight is 240 g/mol. The summed E-state index contributed by atoms with van der Waals surface area (Å²) in [5.74, 6) is 1.30. The minimum absolute atomic E-state index is 0.697. The molecule has 1 saturated carbocycles. The first-order valence-corrected chi connectivity index (χ1v) is 8.00. The van der Waals surface area contributed by atoms with Crippen molar-refractivity contribution in [3.05, 3.63) is 0 Å². The summed E-state index contributed by atoms with van der Waals surface area (Å²) >= 11 is 2.04. The molecule has 0 aromatic heterocycles. The molecule has 1 heterocycles. The second-order valence-corrected chi connectivity index (χ2v) is 6.14. The van der Waals surface area contributed by atoms with Gasteiger partial charge in [0.1, 0.15) is 0 Å². The molecule has 2 atom stereocenters. The van der Waals surface area contributed by atoms with Crippen molar-refractivity contribution in [3.8, 4) is 0 Å². The predicted octanol–water partition coefficient (Wildman–Crippen LogP) is 3.22. The van der Waals surface area contributed by atoms with E-state index in [-0.39, 0.29) is 0 Å². The van der Waals surface area contributed by atoms with Crippen molar-refractivity contribution in [2.45, 2.75) is 62.7 Å². The molecule has 1 N–H and O–H groups in total. The van der Waals surface area contributed by atoms with Crippen molar-refractivity contribution in [3.63, 3.8) is 0 Å². The van der Waals surface area contributed by atoms with Gasteiger partial charge in [-0.2, -0.15) is 11.8 Å². The Hall–Kier alpha value is -0.180. The van der Waals surface area contributed by atoms with Gasteiger partial charge in [0.2, 0.25) is 0 Å². The fourth-order valence-electron chi connectivity index (χ4n) is 2.72. The second-order valence-electron chi connectivity index (χ2n) is 5.00. The molecule has 0 saturated heterocycles. The Kier molecular flexibility index (Phi) is 5.01. The zero-order valence-electron chi connectivity index (χ0n) is 10.4. The molecule has 0 spiro atoms. The summed E-state index contributed by atoms with van der Waals surface area (Å²) in [6.45, 7) is 1.04. The summed E-state index contributed by atoms with van der Waals surface area (Å²) in [6, 6.07) is 0.697. The highest BCUT2D eigenvalue weighted by molar-refractivity contribution is 7.99. The molecule has 2 nitrogen and oxygen atoms in total. The van der Waals surface area contributed by atoms with Crippen LogP contribution < -0.4 is 5.32 Å². The van der Waals surface area contributed by atoms with Crippen LogP contribution in [0.1, 0.15) is 51.4 Å². The monoisotopic (exact) mass is 240 g/mol. The van der Waals surface area contributed by atoms with E-state index in [2.05, 4.69) is 16.6 Å². The highest BCUT2D eigenvalue weighted by atomic mass is 32.2. The third-order valence-corrected chi connectivity index (χ3v) is 4.80. The first-order chi connectivity index (χ1) is 7.88. The normalized spacial score (nSPS) is 31.7. The molecule has 1 aliphatic carbocycles. The van der Waals surface area contributed by atoms with Crippen LogP contribution in [0.5, 0.6) is 0 Å². The largest absolute Gasteiger partial charge is 0.371 e. The van der Waals surface area contributed by atoms with Crippen LogP contribution in [0.3, 0.4) is 0 Å². The van der Waals surface area contributed by atoms with Crippen LogP contribution in [0.2, 0.25) is 0 Å². The lowest BCUT2D eigenvalue weighted by molar-refractivity contribution is 0.420. The van der Waals surface area contributed by atoms with Gasteiger partial charge < -0.3 is 5.32 Å². The van der Waals surface area contributed by atoms with Gasteiger partial charge in [0.15, 0.2) is 0 Å². The van der Waals surface area contributed by atoms with Crippen molar-refractivity contribution in [1.29, 1.82) is 0 Å². The molecule has 3 heteroatoms. The summed E-state index contributed by atoms with van der Waals surface area (Å²) in [5.41, 5.74) is 0. The third-order valence-electron chi connectivity index (χ3n) is 3.70. The zero-order valence-corrected chi connectivity index (χ0v) is 11.2. The van der Waals surface area contributed by atoms with Crippen LogP contribution in [0.4, 0.5) is 0 Å². The predicted molar refractivity (Wildman–Crippen MR) is 73.5 cm³/mol. The average Bonchev–Trinajstić information content (AvgIpc) is 2.58. The number of amidine groups is 1. The molecule has 0 aromatic carbocycles. The molecule has 0 bridgehead atoms. The van der Waals surface area contributed by atoms with Gasteiger partial charge >= 0.3 is 0 Å². The number of nitrogens with zero attached hydrogens (tertiary/aromatic N) is 1. The summed E-state index contributed by atoms with van der Waals surface area (Å²) in [4.78, 5) is 4.67. The van der Waals surface area contributed by atoms with Gasteiger partial charge in [0, 0.05) is 24.3 Å². The van der Waals surface area contributed by atoms with Crippen LogP contribution in [0.25, 0.3) is 0 Å². The number of thioether (sulfide) groups is 1. The number of hydrogen-bond acceptors (Lipinski definition) is 3. The third kappa shape index (κ3) is 3.69. The molecule has 2 unspecified atom stereocenters. The highest BCUT2D eigenvalue weighted by Crippen LogP contribution is 2.27. The Morgan fingerprint density at radius 1 is 1.19 bits per heavy atom. The lowest BCUT2D eigenvalue weighted by Gasteiger charge is -2.29. The van der Waals surface area contributed by atoms with Crippen LogP contribution in [-0.4, -0.2) is 29.9 Å². The Bertz CT molecular complexity index is 240. The van der Waals surface area contributed by atoms with Crippen molar-refractivity contribution in [1.82, 2.24) is 5.32 Å². The smallest absolute Gasteiger partial charge is 0.0965 e. The second kappa shape index (κ2) is 6.53. The maximum Gasteiger partial charge on any atom is 0.0965 e. The van der Waals surface area contributed by atoms with Crippen LogP contribution in [0.15, 0.2) is 4.99 Å². The first kappa shape index (κ1) is 12.3. The molecule has 1 fully saturated rings. The topological polar surface area (TPSA) is 24.4 Å². The van der Waals surface area contributed by atoms with Crippen molar-refractivity contribution < 1.29 is 0 Å². The minimum atomic E-state index is 0.697. The Labute approximate surface area is 104 Å². The quantitative estimate of drug-likeness (QED) is 0.801. The standard InChI is InChI=1S/C13H24N2S/c1-16-12-7-5-6-11(10-12)15-13-8-3-2-4-9-14-13/h11-12H,2-10H2,1H3,(H,14,15). The summed E-state index contributed by atoms with van der Waals surface area (Å²) in [7, 11) is 0. The Balaban J connectivity index is 1.81. The van der Waals surface area contributed by atoms with Gasteiger partial charge in [-0.1, -0.05) is 12.8 Å². The van der Waals surface area contributed by atoms with Crippen molar-refractivity contribution in [2.24, 2.45) is 4.99 Å². The van der Waals surface area contributed by atoms with E-state index in [0.717, 1.165) is 11.8 Å². The van der Waals surface area contributed by atoms with Crippen LogP contribution >= 0.6 is 11.8 Å². The Morgan fingerprint density at radius 3 is 3.00 bits per heavy atom. The molecule has 1 aliphatic heterocycles. The fraction of sp³-hybridized carbons (Fsp3) is 0.923. The Morgan fingerprint density at radius 2 is 2.12 bits per heavy atom. The van der Waals surface area contributed by atoms with Gasteiger partial charge in [-0.15, -0.1) is 0 Å². The molecule has 0 aromatic rings. The van der Waals surface area contributed by atoms with E-state index in [1.165, 1.54) is 57.2 Å². The summed E-state index contributed by atoms with van der Waals surface area (Å²) in [6.07, 6.45) is 12.9. The van der Waals surface area contributed by atoms with Crippen molar-refractivity contribution >= 4 is 17.6 Å². The van der Waals surface area contributed by atoms with E-state index in [4.69, 9.17) is 0 Å². The van der Waals surface area contributed by atoms with E-state index in [1.54, 1.807) is 0 Å². The van der Waals surface area contributed by atoms with E-state index >= 15 is 0 Å². The van der Waals surface area contributed by atoms with Crippen LogP contribution in [0, 0.1) is 0 Å². The highest BCUT2D eigenvalue weighted by Gasteiger charge is 2.21. The van der Waals surface area contributed by atoms with E-state index in [0.29, 0.717) is 6.04 Å². The molecule has 0 amide bonds. The lowest BCUT2D eigenvalue weighted by Crippen LogP contribution is -2.39. The fourth-order valence-corrected chi connectivity index (χ4v) is 3.54. The molecular weight excluding hydrogens is 216 g/mol. The van der Waals surface area contributed by atoms with E-state index in [1.807, 2.05) is 11.8 Å². The summed E-state index contributed by atoms with van der Waals surface area (Å²) in [5, 5.41) is 4.57. The van der Waals surface area contributed by atoms with Crippen LogP contribution in [-0.2, 0) is 0 Å². The molecule has 16 heavy (non-hydrogen) atoms. The minimum Gasteiger partial charge on any atom is -0.371 e. The zero-order chi connectivity index (χ0) is 11.2. The van der Waals surface area contributed by atoms with Gasteiger partial charge in [-0.3, -0.25) is 4.99 Å². The van der Waals surface area contributed by atoms with Gasteiger partial charge in [0.05, 0.1) is 5.84 Å². The van der Waals surface area contributed by atoms with E-state index < -0.39 is 0 Å². The maximum atomic E-state index is 4.67.